The molecule has 1 aromatic heterocycles. The largest absolute Gasteiger partial charge is 0.493 e. The summed E-state index contributed by atoms with van der Waals surface area (Å²) < 4.78 is 11.5. The number of halogens is 1. The third kappa shape index (κ3) is 4.05. The van der Waals surface area contributed by atoms with E-state index in [9.17, 15) is 0 Å². The van der Waals surface area contributed by atoms with Gasteiger partial charge in [0.05, 0.1) is 18.7 Å². The van der Waals surface area contributed by atoms with E-state index in [1.807, 2.05) is 49.4 Å². The zero-order valence-corrected chi connectivity index (χ0v) is 16.3. The van der Waals surface area contributed by atoms with E-state index in [1.165, 1.54) is 0 Å². The van der Waals surface area contributed by atoms with Gasteiger partial charge in [-0.15, -0.1) is 0 Å². The molecule has 3 aromatic rings. The van der Waals surface area contributed by atoms with Crippen LogP contribution in [0.15, 0.2) is 53.1 Å². The Bertz CT molecular complexity index is 904. The molecule has 6 nitrogen and oxygen atoms in total. The Balaban J connectivity index is 1.87. The van der Waals surface area contributed by atoms with Crippen molar-refractivity contribution in [1.29, 1.82) is 0 Å². The van der Waals surface area contributed by atoms with Crippen molar-refractivity contribution in [2.75, 3.05) is 24.9 Å². The van der Waals surface area contributed by atoms with Crippen molar-refractivity contribution in [3.63, 3.8) is 0 Å². The second kappa shape index (κ2) is 8.05. The maximum atomic E-state index is 5.39. The van der Waals surface area contributed by atoms with E-state index in [-0.39, 0.29) is 0 Å². The number of para-hydroxylation sites is 1. The Kier molecular flexibility index (Phi) is 5.58. The highest BCUT2D eigenvalue weighted by molar-refractivity contribution is 9.10. The highest BCUT2D eigenvalue weighted by Crippen LogP contribution is 2.35. The first-order chi connectivity index (χ1) is 12.6. The van der Waals surface area contributed by atoms with Gasteiger partial charge in [0.2, 0.25) is 5.95 Å². The molecule has 0 atom stereocenters. The monoisotopic (exact) mass is 414 g/mol. The lowest BCUT2D eigenvalue weighted by Crippen LogP contribution is -2.02. The van der Waals surface area contributed by atoms with Crippen molar-refractivity contribution < 1.29 is 9.47 Å². The SMILES string of the molecule is COc1cc(Nc2ncc(Br)c(Nc3ccccc3)n2)cc(C)c1OC. The summed E-state index contributed by atoms with van der Waals surface area (Å²) in [5.41, 5.74) is 2.71. The van der Waals surface area contributed by atoms with Gasteiger partial charge in [-0.05, 0) is 46.6 Å². The number of ether oxygens (including phenoxy) is 2. The highest BCUT2D eigenvalue weighted by Gasteiger charge is 2.11. The molecule has 0 bridgehead atoms. The maximum absolute atomic E-state index is 5.39. The van der Waals surface area contributed by atoms with Gasteiger partial charge in [0.1, 0.15) is 5.82 Å². The maximum Gasteiger partial charge on any atom is 0.229 e. The first-order valence-electron chi connectivity index (χ1n) is 7.95. The van der Waals surface area contributed by atoms with E-state index in [0.29, 0.717) is 23.3 Å². The van der Waals surface area contributed by atoms with Crippen LogP contribution in [0.2, 0.25) is 0 Å². The molecule has 0 aliphatic rings. The van der Waals surface area contributed by atoms with Gasteiger partial charge >= 0.3 is 0 Å². The van der Waals surface area contributed by atoms with Crippen LogP contribution in [0.5, 0.6) is 11.5 Å². The fraction of sp³-hybridized carbons (Fsp3) is 0.158. The van der Waals surface area contributed by atoms with Crippen LogP contribution in [0.1, 0.15) is 5.56 Å². The van der Waals surface area contributed by atoms with Gasteiger partial charge in [0.25, 0.3) is 0 Å². The molecule has 0 amide bonds. The smallest absolute Gasteiger partial charge is 0.229 e. The summed E-state index contributed by atoms with van der Waals surface area (Å²) >= 11 is 3.47. The molecule has 0 saturated heterocycles. The summed E-state index contributed by atoms with van der Waals surface area (Å²) in [7, 11) is 3.23. The van der Waals surface area contributed by atoms with E-state index < -0.39 is 0 Å². The Morgan fingerprint density at radius 2 is 1.73 bits per heavy atom. The minimum Gasteiger partial charge on any atom is -0.493 e. The molecule has 0 unspecified atom stereocenters. The summed E-state index contributed by atoms with van der Waals surface area (Å²) in [6.45, 7) is 1.96. The number of hydrogen-bond acceptors (Lipinski definition) is 6. The molecule has 2 aromatic carbocycles. The number of hydrogen-bond donors (Lipinski definition) is 2. The summed E-state index contributed by atoms with van der Waals surface area (Å²) in [5.74, 6) is 2.50. The van der Waals surface area contributed by atoms with Crippen LogP contribution in [-0.4, -0.2) is 24.2 Å². The van der Waals surface area contributed by atoms with Crippen molar-refractivity contribution >= 4 is 39.1 Å². The quantitative estimate of drug-likeness (QED) is 0.587. The number of aryl methyl sites for hydroxylation is 1. The molecule has 0 radical (unpaired) electrons. The predicted octanol–water partition coefficient (Wildman–Crippen LogP) is 5.05. The van der Waals surface area contributed by atoms with Crippen molar-refractivity contribution in [1.82, 2.24) is 9.97 Å². The molecule has 0 aliphatic heterocycles. The van der Waals surface area contributed by atoms with E-state index in [1.54, 1.807) is 20.4 Å². The number of methoxy groups -OCH3 is 2. The van der Waals surface area contributed by atoms with Crippen LogP contribution in [-0.2, 0) is 0 Å². The number of anilines is 4. The molecule has 1 heterocycles. The average molecular weight is 415 g/mol. The van der Waals surface area contributed by atoms with Crippen LogP contribution in [0.25, 0.3) is 0 Å². The first-order valence-corrected chi connectivity index (χ1v) is 8.74. The van der Waals surface area contributed by atoms with Crippen LogP contribution in [0, 0.1) is 6.92 Å². The third-order valence-corrected chi connectivity index (χ3v) is 4.28. The van der Waals surface area contributed by atoms with Crippen molar-refractivity contribution in [2.24, 2.45) is 0 Å². The molecule has 134 valence electrons. The van der Waals surface area contributed by atoms with Gasteiger partial charge in [0.15, 0.2) is 11.5 Å². The first kappa shape index (κ1) is 18.0. The van der Waals surface area contributed by atoms with Gasteiger partial charge in [-0.25, -0.2) is 4.98 Å². The summed E-state index contributed by atoms with van der Waals surface area (Å²) in [6.07, 6.45) is 1.70. The molecule has 0 saturated carbocycles. The zero-order chi connectivity index (χ0) is 18.5. The fourth-order valence-electron chi connectivity index (χ4n) is 2.53. The van der Waals surface area contributed by atoms with Crippen molar-refractivity contribution in [3.8, 4) is 11.5 Å². The molecule has 7 heteroatoms. The topological polar surface area (TPSA) is 68.3 Å². The Labute approximate surface area is 160 Å². The van der Waals surface area contributed by atoms with Gasteiger partial charge in [0, 0.05) is 23.6 Å². The fourth-order valence-corrected chi connectivity index (χ4v) is 2.82. The third-order valence-electron chi connectivity index (χ3n) is 3.70. The average Bonchev–Trinajstić information content (AvgIpc) is 2.65. The Hall–Kier alpha value is -2.80. The Morgan fingerprint density at radius 1 is 0.962 bits per heavy atom. The van der Waals surface area contributed by atoms with Gasteiger partial charge in [-0.2, -0.15) is 4.98 Å². The zero-order valence-electron chi connectivity index (χ0n) is 14.7. The standard InChI is InChI=1S/C19H19BrN4O2/c1-12-9-14(10-16(25-2)17(12)26-3)23-19-21-11-15(20)18(24-19)22-13-7-5-4-6-8-13/h4-11H,1-3H3,(H2,21,22,23,24). The number of nitrogens with one attached hydrogen (secondary N) is 2. The number of rotatable bonds is 6. The number of benzene rings is 2. The molecule has 2 N–H and O–H groups in total. The lowest BCUT2D eigenvalue weighted by atomic mass is 10.2. The van der Waals surface area contributed by atoms with Crippen molar-refractivity contribution in [2.45, 2.75) is 6.92 Å². The van der Waals surface area contributed by atoms with E-state index in [2.05, 4.69) is 36.5 Å². The second-order valence-electron chi connectivity index (χ2n) is 5.53. The summed E-state index contributed by atoms with van der Waals surface area (Å²) in [5, 5.41) is 6.47. The molecule has 0 spiro atoms. The molecular weight excluding hydrogens is 396 g/mol. The lowest BCUT2D eigenvalue weighted by molar-refractivity contribution is 0.353. The number of nitrogens with zero attached hydrogens (tertiary/aromatic N) is 2. The van der Waals surface area contributed by atoms with Crippen LogP contribution in [0.4, 0.5) is 23.1 Å². The van der Waals surface area contributed by atoms with Crippen molar-refractivity contribution in [3.05, 3.63) is 58.7 Å². The van der Waals surface area contributed by atoms with Crippen LogP contribution < -0.4 is 20.1 Å². The van der Waals surface area contributed by atoms with Gasteiger partial charge in [-0.1, -0.05) is 18.2 Å². The van der Waals surface area contributed by atoms with Gasteiger partial charge in [-0.3, -0.25) is 0 Å². The van der Waals surface area contributed by atoms with Crippen LogP contribution in [0.3, 0.4) is 0 Å². The minimum absolute atomic E-state index is 0.471. The highest BCUT2D eigenvalue weighted by atomic mass is 79.9. The molecule has 3 rings (SSSR count). The summed E-state index contributed by atoms with van der Waals surface area (Å²) in [6, 6.07) is 13.6. The van der Waals surface area contributed by atoms with Gasteiger partial charge < -0.3 is 20.1 Å². The van der Waals surface area contributed by atoms with E-state index in [0.717, 1.165) is 21.4 Å². The summed E-state index contributed by atoms with van der Waals surface area (Å²) in [4.78, 5) is 8.86. The second-order valence-corrected chi connectivity index (χ2v) is 6.39. The molecule has 0 aliphatic carbocycles. The Morgan fingerprint density at radius 3 is 2.42 bits per heavy atom. The normalized spacial score (nSPS) is 10.3. The van der Waals surface area contributed by atoms with Crippen LogP contribution >= 0.6 is 15.9 Å². The molecule has 26 heavy (non-hydrogen) atoms. The molecular formula is C19H19BrN4O2. The number of aromatic nitrogens is 2. The lowest BCUT2D eigenvalue weighted by Gasteiger charge is -2.14. The predicted molar refractivity (Wildman–Crippen MR) is 107 cm³/mol. The molecule has 0 fully saturated rings. The van der Waals surface area contributed by atoms with E-state index in [4.69, 9.17) is 9.47 Å². The minimum atomic E-state index is 0.471. The van der Waals surface area contributed by atoms with E-state index >= 15 is 0 Å².